The van der Waals surface area contributed by atoms with Crippen LogP contribution in [0.1, 0.15) is 18.0 Å². The summed E-state index contributed by atoms with van der Waals surface area (Å²) in [7, 11) is -4.18. The molecule has 1 unspecified atom stereocenters. The lowest BCUT2D eigenvalue weighted by Crippen LogP contribution is -2.32. The normalized spacial score (nSPS) is 12.8. The highest BCUT2D eigenvalue weighted by molar-refractivity contribution is 7.51. The van der Waals surface area contributed by atoms with E-state index >= 15 is 0 Å². The van der Waals surface area contributed by atoms with Gasteiger partial charge in [-0.15, -0.1) is 4.91 Å². The van der Waals surface area contributed by atoms with E-state index < -0.39 is 25.7 Å². The van der Waals surface area contributed by atoms with Crippen LogP contribution in [0, 0.1) is 4.91 Å². The summed E-state index contributed by atoms with van der Waals surface area (Å²) in [4.78, 5) is 39.9. The first-order valence-electron chi connectivity index (χ1n) is 5.77. The summed E-state index contributed by atoms with van der Waals surface area (Å²) >= 11 is 0. The molecule has 0 spiro atoms. The average Bonchev–Trinajstić information content (AvgIpc) is 2.39. The zero-order chi connectivity index (χ0) is 15.2. The third kappa shape index (κ3) is 5.18. The van der Waals surface area contributed by atoms with E-state index in [-0.39, 0.29) is 18.0 Å². The van der Waals surface area contributed by atoms with Gasteiger partial charge in [0.15, 0.2) is 6.04 Å². The zero-order valence-corrected chi connectivity index (χ0v) is 11.4. The van der Waals surface area contributed by atoms with Crippen LogP contribution in [0.2, 0.25) is 0 Å². The van der Waals surface area contributed by atoms with Crippen LogP contribution in [-0.2, 0) is 9.36 Å². The molecule has 0 heterocycles. The average molecular weight is 302 g/mol. The van der Waals surface area contributed by atoms with E-state index in [0.717, 1.165) is 0 Å². The standard InChI is InChI=1S/C11H15N2O6P/c14-11(13(16)7-4-8-20(17,18)19)10(12-15)9-5-2-1-3-6-9/h1-3,5-6,10,16H,4,7-8H2,(H2,17,18,19). The Morgan fingerprint density at radius 2 is 1.90 bits per heavy atom. The Morgan fingerprint density at radius 3 is 2.40 bits per heavy atom. The second-order valence-corrected chi connectivity index (χ2v) is 5.90. The lowest BCUT2D eigenvalue weighted by Gasteiger charge is -2.18. The van der Waals surface area contributed by atoms with Crippen LogP contribution in [0.4, 0.5) is 0 Å². The van der Waals surface area contributed by atoms with Gasteiger partial charge in [0.25, 0.3) is 5.91 Å². The molecular weight excluding hydrogens is 287 g/mol. The van der Waals surface area contributed by atoms with Crippen molar-refractivity contribution in [1.82, 2.24) is 5.06 Å². The molecule has 0 fully saturated rings. The lowest BCUT2D eigenvalue weighted by atomic mass is 10.1. The van der Waals surface area contributed by atoms with Gasteiger partial charge in [-0.25, -0.2) is 5.06 Å². The molecule has 0 saturated carbocycles. The smallest absolute Gasteiger partial charge is 0.324 e. The monoisotopic (exact) mass is 302 g/mol. The third-order valence-electron chi connectivity index (χ3n) is 2.53. The predicted molar refractivity (Wildman–Crippen MR) is 70.0 cm³/mol. The van der Waals surface area contributed by atoms with Gasteiger partial charge in [0.05, 0.1) is 6.16 Å². The van der Waals surface area contributed by atoms with Gasteiger partial charge in [-0.3, -0.25) is 14.6 Å². The maximum Gasteiger partial charge on any atom is 0.325 e. The Bertz CT molecular complexity index is 503. The minimum absolute atomic E-state index is 0.0904. The number of carbonyl (C=O) groups is 1. The highest BCUT2D eigenvalue weighted by atomic mass is 31.2. The number of hydroxylamine groups is 2. The number of nitroso groups, excluding NO2 is 1. The summed E-state index contributed by atoms with van der Waals surface area (Å²) in [6.45, 7) is -0.289. The Kier molecular flexibility index (Phi) is 5.97. The number of hydrogen-bond donors (Lipinski definition) is 3. The fourth-order valence-electron chi connectivity index (χ4n) is 1.56. The van der Waals surface area contributed by atoms with Crippen LogP contribution in [0.15, 0.2) is 35.5 Å². The number of carbonyl (C=O) groups excluding carboxylic acids is 1. The number of benzene rings is 1. The van der Waals surface area contributed by atoms with Crippen LogP contribution < -0.4 is 0 Å². The van der Waals surface area contributed by atoms with Gasteiger partial charge in [0, 0.05) is 6.54 Å². The van der Waals surface area contributed by atoms with E-state index in [4.69, 9.17) is 9.79 Å². The summed E-state index contributed by atoms with van der Waals surface area (Å²) in [5.41, 5.74) is 0.335. The first-order chi connectivity index (χ1) is 9.35. The maximum absolute atomic E-state index is 11.8. The summed E-state index contributed by atoms with van der Waals surface area (Å²) in [5, 5.41) is 12.4. The van der Waals surface area contributed by atoms with Gasteiger partial charge in [0.1, 0.15) is 0 Å². The van der Waals surface area contributed by atoms with Crippen molar-refractivity contribution in [3.63, 3.8) is 0 Å². The Labute approximate surface area is 115 Å². The Morgan fingerprint density at radius 1 is 1.30 bits per heavy atom. The van der Waals surface area contributed by atoms with Crippen molar-refractivity contribution >= 4 is 13.5 Å². The first-order valence-corrected chi connectivity index (χ1v) is 7.57. The maximum atomic E-state index is 11.8. The largest absolute Gasteiger partial charge is 0.325 e. The van der Waals surface area contributed by atoms with Crippen molar-refractivity contribution < 1.29 is 24.4 Å². The van der Waals surface area contributed by atoms with Gasteiger partial charge in [0.2, 0.25) is 0 Å². The molecule has 0 aliphatic rings. The fraction of sp³-hybridized carbons (Fsp3) is 0.364. The Hall–Kier alpha value is -1.60. The molecule has 1 amide bonds. The molecule has 0 saturated heterocycles. The van der Waals surface area contributed by atoms with E-state index in [2.05, 4.69) is 5.18 Å². The van der Waals surface area contributed by atoms with Crippen molar-refractivity contribution in [3.8, 4) is 0 Å². The van der Waals surface area contributed by atoms with Crippen LogP contribution in [0.25, 0.3) is 0 Å². The van der Waals surface area contributed by atoms with E-state index in [9.17, 15) is 19.5 Å². The molecule has 0 aromatic heterocycles. The van der Waals surface area contributed by atoms with E-state index in [1.54, 1.807) is 18.2 Å². The summed E-state index contributed by atoms with van der Waals surface area (Å²) in [5.74, 6) is -0.933. The zero-order valence-electron chi connectivity index (χ0n) is 10.5. The number of hydrogen-bond acceptors (Lipinski definition) is 5. The molecule has 0 aliphatic carbocycles. The van der Waals surface area contributed by atoms with Crippen LogP contribution in [-0.4, -0.2) is 38.7 Å². The van der Waals surface area contributed by atoms with Crippen molar-refractivity contribution in [2.75, 3.05) is 12.7 Å². The van der Waals surface area contributed by atoms with Crippen molar-refractivity contribution in [2.24, 2.45) is 5.18 Å². The molecule has 8 nitrogen and oxygen atoms in total. The highest BCUT2D eigenvalue weighted by Crippen LogP contribution is 2.34. The molecular formula is C11H15N2O6P. The molecule has 1 aromatic carbocycles. The molecule has 9 heteroatoms. The number of rotatable bonds is 7. The lowest BCUT2D eigenvalue weighted by molar-refractivity contribution is -0.167. The highest BCUT2D eigenvalue weighted by Gasteiger charge is 2.26. The second-order valence-electron chi connectivity index (χ2n) is 4.12. The first kappa shape index (κ1) is 16.5. The molecule has 0 radical (unpaired) electrons. The van der Waals surface area contributed by atoms with Crippen LogP contribution in [0.5, 0.6) is 0 Å². The SMILES string of the molecule is O=NC(C(=O)N(O)CCCP(=O)(O)O)c1ccccc1. The van der Waals surface area contributed by atoms with Crippen LogP contribution >= 0.6 is 7.60 Å². The molecule has 0 aliphatic heterocycles. The minimum atomic E-state index is -4.18. The molecule has 3 N–H and O–H groups in total. The Balaban J connectivity index is 2.63. The second kappa shape index (κ2) is 7.25. The van der Waals surface area contributed by atoms with Gasteiger partial charge >= 0.3 is 7.60 Å². The quantitative estimate of drug-likeness (QED) is 0.301. The summed E-state index contributed by atoms with van der Waals surface area (Å²) in [6, 6.07) is 6.61. The predicted octanol–water partition coefficient (Wildman–Crippen LogP) is 1.28. The minimum Gasteiger partial charge on any atom is -0.324 e. The molecule has 20 heavy (non-hydrogen) atoms. The fourth-order valence-corrected chi connectivity index (χ4v) is 2.12. The molecule has 110 valence electrons. The van der Waals surface area contributed by atoms with E-state index in [1.807, 2.05) is 0 Å². The van der Waals surface area contributed by atoms with Gasteiger partial charge < -0.3 is 9.79 Å². The van der Waals surface area contributed by atoms with E-state index in [0.29, 0.717) is 5.56 Å². The summed E-state index contributed by atoms with van der Waals surface area (Å²) < 4.78 is 10.6. The van der Waals surface area contributed by atoms with Crippen molar-refractivity contribution in [2.45, 2.75) is 12.5 Å². The molecule has 1 rings (SSSR count). The molecule has 1 atom stereocenters. The van der Waals surface area contributed by atoms with E-state index in [1.165, 1.54) is 12.1 Å². The topological polar surface area (TPSA) is 128 Å². The van der Waals surface area contributed by atoms with Gasteiger partial charge in [-0.05, 0) is 12.0 Å². The third-order valence-corrected chi connectivity index (χ3v) is 3.43. The number of amides is 1. The van der Waals surface area contributed by atoms with Crippen molar-refractivity contribution in [3.05, 3.63) is 40.8 Å². The van der Waals surface area contributed by atoms with Gasteiger partial charge in [-0.1, -0.05) is 35.5 Å². The van der Waals surface area contributed by atoms with Crippen LogP contribution in [0.3, 0.4) is 0 Å². The molecule has 1 aromatic rings. The molecule has 0 bridgehead atoms. The number of nitrogens with zero attached hydrogens (tertiary/aromatic N) is 2. The van der Waals surface area contributed by atoms with Crippen molar-refractivity contribution in [1.29, 1.82) is 0 Å². The summed E-state index contributed by atoms with van der Waals surface area (Å²) in [6.07, 6.45) is -0.547. The van der Waals surface area contributed by atoms with Gasteiger partial charge in [-0.2, -0.15) is 0 Å².